The normalized spacial score (nSPS) is 23.7. The minimum atomic E-state index is -0.226. The van der Waals surface area contributed by atoms with Crippen molar-refractivity contribution in [2.24, 2.45) is 4.99 Å². The number of rotatable bonds is 4. The molecule has 2 aliphatic heterocycles. The second-order valence-electron chi connectivity index (χ2n) is 7.09. The van der Waals surface area contributed by atoms with Gasteiger partial charge in [0, 0.05) is 29.9 Å². The highest BCUT2D eigenvalue weighted by Gasteiger charge is 2.46. The van der Waals surface area contributed by atoms with Crippen LogP contribution in [0.15, 0.2) is 72.0 Å². The second-order valence-corrected chi connectivity index (χ2v) is 8.08. The molecule has 5 rings (SSSR count). The zero-order valence-corrected chi connectivity index (χ0v) is 16.4. The molecule has 2 aliphatic rings. The maximum absolute atomic E-state index is 14.6. The minimum absolute atomic E-state index is 0.000504. The van der Waals surface area contributed by atoms with Crippen LogP contribution in [-0.4, -0.2) is 31.4 Å². The first-order chi connectivity index (χ1) is 13.8. The van der Waals surface area contributed by atoms with Crippen molar-refractivity contribution in [3.05, 3.63) is 84.2 Å². The van der Waals surface area contributed by atoms with Gasteiger partial charge in [0.25, 0.3) is 0 Å². The molecule has 0 radical (unpaired) electrons. The van der Waals surface area contributed by atoms with Crippen molar-refractivity contribution >= 4 is 16.9 Å². The summed E-state index contributed by atoms with van der Waals surface area (Å²) in [5, 5.41) is 1.08. The third-order valence-electron chi connectivity index (χ3n) is 5.52. The molecule has 4 nitrogen and oxygen atoms in total. The van der Waals surface area contributed by atoms with Gasteiger partial charge in [-0.05, 0) is 42.8 Å². The number of amidine groups is 1. The van der Waals surface area contributed by atoms with E-state index in [-0.39, 0.29) is 17.9 Å². The number of hydrogen-bond donors (Lipinski definition) is 0. The summed E-state index contributed by atoms with van der Waals surface area (Å²) in [6.07, 6.45) is 4.81. The fraction of sp³-hybridized carbons (Fsp3) is 0.273. The molecule has 0 aliphatic carbocycles. The van der Waals surface area contributed by atoms with Crippen LogP contribution < -0.4 is 0 Å². The Bertz CT molecular complexity index is 1020. The van der Waals surface area contributed by atoms with Crippen molar-refractivity contribution in [3.63, 3.8) is 0 Å². The van der Waals surface area contributed by atoms with Gasteiger partial charge in [0.2, 0.25) is 0 Å². The summed E-state index contributed by atoms with van der Waals surface area (Å²) in [5.74, 6) is 0.817. The summed E-state index contributed by atoms with van der Waals surface area (Å²) in [6, 6.07) is 17.3. The Morgan fingerprint density at radius 2 is 1.96 bits per heavy atom. The molecule has 0 spiro atoms. The van der Waals surface area contributed by atoms with Crippen LogP contribution in [0.5, 0.6) is 0 Å². The number of thioether (sulfide) groups is 1. The lowest BCUT2D eigenvalue weighted by Crippen LogP contribution is -2.36. The molecule has 2 aromatic heterocycles. The van der Waals surface area contributed by atoms with Crippen LogP contribution in [0.1, 0.15) is 36.8 Å². The maximum atomic E-state index is 14.6. The van der Waals surface area contributed by atoms with Crippen LogP contribution in [-0.2, 0) is 0 Å². The van der Waals surface area contributed by atoms with Gasteiger partial charge in [0.1, 0.15) is 17.9 Å². The first-order valence-corrected chi connectivity index (χ1v) is 10.6. The molecule has 0 amide bonds. The Balaban J connectivity index is 1.65. The molecule has 0 unspecified atom stereocenters. The molecule has 142 valence electrons. The molecule has 3 atom stereocenters. The van der Waals surface area contributed by atoms with Gasteiger partial charge in [0.05, 0.1) is 11.4 Å². The lowest BCUT2D eigenvalue weighted by atomic mass is 9.99. The van der Waals surface area contributed by atoms with Crippen LogP contribution in [0.25, 0.3) is 5.69 Å². The number of para-hydroxylation sites is 1. The predicted molar refractivity (Wildman–Crippen MR) is 111 cm³/mol. The molecule has 4 heterocycles. The van der Waals surface area contributed by atoms with E-state index >= 15 is 0 Å². The number of hydrogen-bond acceptors (Lipinski definition) is 4. The fourth-order valence-corrected chi connectivity index (χ4v) is 5.51. The average Bonchev–Trinajstić information content (AvgIpc) is 3.43. The average molecular weight is 393 g/mol. The molecule has 1 fully saturated rings. The molecule has 0 bridgehead atoms. The Hall–Kier alpha value is -2.60. The molecule has 0 N–H and O–H groups in total. The zero-order chi connectivity index (χ0) is 19.1. The molecule has 6 heteroatoms. The summed E-state index contributed by atoms with van der Waals surface area (Å²) < 4.78 is 16.5. The molecular weight excluding hydrogens is 371 g/mol. The zero-order valence-electron chi connectivity index (χ0n) is 15.6. The number of benzene rings is 1. The van der Waals surface area contributed by atoms with E-state index in [0.717, 1.165) is 28.7 Å². The van der Waals surface area contributed by atoms with Crippen molar-refractivity contribution in [2.75, 3.05) is 5.75 Å². The molecule has 1 saturated heterocycles. The lowest BCUT2D eigenvalue weighted by Gasteiger charge is -2.32. The first-order valence-electron chi connectivity index (χ1n) is 9.60. The van der Waals surface area contributed by atoms with Crippen LogP contribution in [0, 0.1) is 5.82 Å². The minimum Gasteiger partial charge on any atom is -0.337 e. The number of aliphatic imine (C=N–C) groups is 1. The fourth-order valence-electron chi connectivity index (χ4n) is 4.17. The molecule has 28 heavy (non-hydrogen) atoms. The maximum Gasteiger partial charge on any atom is 0.160 e. The first kappa shape index (κ1) is 17.5. The summed E-state index contributed by atoms with van der Waals surface area (Å²) >= 11 is 1.81. The molecule has 1 aromatic carbocycles. The Labute approximate surface area is 168 Å². The van der Waals surface area contributed by atoms with E-state index in [4.69, 9.17) is 4.99 Å². The van der Waals surface area contributed by atoms with Crippen LogP contribution in [0.4, 0.5) is 4.39 Å². The van der Waals surface area contributed by atoms with Crippen LogP contribution in [0.3, 0.4) is 0 Å². The predicted octanol–water partition coefficient (Wildman–Crippen LogP) is 4.99. The highest BCUT2D eigenvalue weighted by Crippen LogP contribution is 2.48. The topological polar surface area (TPSA) is 33.4 Å². The van der Waals surface area contributed by atoms with E-state index in [1.54, 1.807) is 6.07 Å². The largest absolute Gasteiger partial charge is 0.337 e. The van der Waals surface area contributed by atoms with Gasteiger partial charge in [-0.2, -0.15) is 0 Å². The number of fused-ring (bicyclic) bond motifs is 1. The van der Waals surface area contributed by atoms with Gasteiger partial charge in [-0.25, -0.2) is 4.39 Å². The van der Waals surface area contributed by atoms with E-state index in [2.05, 4.69) is 22.9 Å². The molecule has 3 aromatic rings. The third kappa shape index (κ3) is 2.75. The number of aromatic nitrogens is 2. The van der Waals surface area contributed by atoms with Gasteiger partial charge in [0.15, 0.2) is 5.17 Å². The molecule has 0 saturated carbocycles. The Morgan fingerprint density at radius 1 is 1.11 bits per heavy atom. The summed E-state index contributed by atoms with van der Waals surface area (Å²) in [4.78, 5) is 12.1. The van der Waals surface area contributed by atoms with E-state index in [9.17, 15) is 4.39 Å². The highest BCUT2D eigenvalue weighted by molar-refractivity contribution is 8.14. The number of nitrogens with zero attached hydrogens (tertiary/aromatic N) is 4. The van der Waals surface area contributed by atoms with Gasteiger partial charge >= 0.3 is 0 Å². The third-order valence-corrected chi connectivity index (χ3v) is 6.65. The lowest BCUT2D eigenvalue weighted by molar-refractivity contribution is 0.248. The van der Waals surface area contributed by atoms with Crippen LogP contribution >= 0.6 is 11.8 Å². The SMILES string of the molecule is CC[C@H]1CSC2=N[C@H](c3ccccn3)[C@@H](c3cccn3-c3ccccc3F)N21. The smallest absolute Gasteiger partial charge is 0.160 e. The van der Waals surface area contributed by atoms with E-state index in [1.807, 2.05) is 65.1 Å². The second kappa shape index (κ2) is 7.09. The quantitative estimate of drug-likeness (QED) is 0.627. The van der Waals surface area contributed by atoms with Gasteiger partial charge < -0.3 is 9.47 Å². The van der Waals surface area contributed by atoms with Gasteiger partial charge in [-0.15, -0.1) is 0 Å². The highest BCUT2D eigenvalue weighted by atomic mass is 32.2. The Kier molecular flexibility index (Phi) is 4.43. The molecular formula is C22H21FN4S. The summed E-state index contributed by atoms with van der Waals surface area (Å²) in [7, 11) is 0. The van der Waals surface area contributed by atoms with Crippen molar-refractivity contribution in [1.82, 2.24) is 14.5 Å². The van der Waals surface area contributed by atoms with Crippen molar-refractivity contribution in [1.29, 1.82) is 0 Å². The van der Waals surface area contributed by atoms with E-state index in [0.29, 0.717) is 11.7 Å². The monoisotopic (exact) mass is 392 g/mol. The summed E-state index contributed by atoms with van der Waals surface area (Å²) in [5.41, 5.74) is 2.56. The Morgan fingerprint density at radius 3 is 2.75 bits per heavy atom. The van der Waals surface area contributed by atoms with Crippen LogP contribution in [0.2, 0.25) is 0 Å². The van der Waals surface area contributed by atoms with E-state index in [1.165, 1.54) is 6.07 Å². The van der Waals surface area contributed by atoms with E-state index < -0.39 is 0 Å². The number of pyridine rings is 1. The number of halogens is 1. The summed E-state index contributed by atoms with van der Waals surface area (Å²) in [6.45, 7) is 2.22. The standard InChI is InChI=1S/C22H21FN4S/c1-2-15-14-28-22-25-20(17-9-5-6-12-24-17)21(27(15)22)19-11-7-13-26(19)18-10-4-3-8-16(18)23/h3-13,15,20-21H,2,14H2,1H3/t15-,20+,21+/m0/s1. The van der Waals surface area contributed by atoms with Crippen molar-refractivity contribution in [3.8, 4) is 5.69 Å². The van der Waals surface area contributed by atoms with Crippen molar-refractivity contribution in [2.45, 2.75) is 31.5 Å². The van der Waals surface area contributed by atoms with Crippen molar-refractivity contribution < 1.29 is 4.39 Å². The van der Waals surface area contributed by atoms with Gasteiger partial charge in [-0.3, -0.25) is 9.98 Å². The van der Waals surface area contributed by atoms with Gasteiger partial charge in [-0.1, -0.05) is 36.9 Å².